The molecule has 0 atom stereocenters. The lowest BCUT2D eigenvalue weighted by atomic mass is 10.0. The van der Waals surface area contributed by atoms with E-state index in [4.69, 9.17) is 23.2 Å². The molecule has 0 saturated heterocycles. The number of aliphatic hydroxyl groups excluding tert-OH is 1. The molecule has 2 heterocycles. The Kier molecular flexibility index (Phi) is 7.64. The van der Waals surface area contributed by atoms with Gasteiger partial charge in [0.2, 0.25) is 0 Å². The number of benzene rings is 3. The van der Waals surface area contributed by atoms with E-state index in [-0.39, 0.29) is 33.3 Å². The van der Waals surface area contributed by atoms with Crippen molar-refractivity contribution >= 4 is 33.0 Å². The first-order chi connectivity index (χ1) is 19.7. The van der Waals surface area contributed by atoms with Gasteiger partial charge >= 0.3 is 6.18 Å². The summed E-state index contributed by atoms with van der Waals surface area (Å²) in [5.74, 6) is -1.00. The van der Waals surface area contributed by atoms with Gasteiger partial charge in [0.15, 0.2) is 15.5 Å². The van der Waals surface area contributed by atoms with E-state index in [0.29, 0.717) is 16.3 Å². The highest BCUT2D eigenvalue weighted by atomic mass is 35.5. The van der Waals surface area contributed by atoms with Crippen molar-refractivity contribution in [2.24, 2.45) is 0 Å². The highest BCUT2D eigenvalue weighted by molar-refractivity contribution is 7.90. The van der Waals surface area contributed by atoms with Crippen LogP contribution in [-0.2, 0) is 22.6 Å². The summed E-state index contributed by atoms with van der Waals surface area (Å²) in [6, 6.07) is 11.6. The van der Waals surface area contributed by atoms with Gasteiger partial charge in [0, 0.05) is 34.2 Å². The molecule has 0 unspecified atom stereocenters. The van der Waals surface area contributed by atoms with Crippen LogP contribution >= 0.6 is 23.2 Å². The fourth-order valence-corrected chi connectivity index (χ4v) is 5.92. The number of aliphatic hydroxyl groups is 1. The average Bonchev–Trinajstić information content (AvgIpc) is 3.55. The molecule has 5 rings (SSSR count). The topological polar surface area (TPSA) is 103 Å². The number of imidazole rings is 1. The molecule has 42 heavy (non-hydrogen) atoms. The van der Waals surface area contributed by atoms with Crippen LogP contribution in [0.5, 0.6) is 0 Å². The molecule has 0 aliphatic carbocycles. The minimum Gasteiger partial charge on any atom is -0.392 e. The van der Waals surface area contributed by atoms with Crippen molar-refractivity contribution in [3.8, 4) is 33.8 Å². The molecule has 3 aromatic carbocycles. The van der Waals surface area contributed by atoms with Gasteiger partial charge in [0.05, 0.1) is 34.1 Å². The Morgan fingerprint density at radius 1 is 1.02 bits per heavy atom. The molecular weight excluding hydrogens is 621 g/mol. The molecule has 0 amide bonds. The fourth-order valence-electron chi connectivity index (χ4n) is 4.50. The molecule has 0 aliphatic heterocycles. The maximum absolute atomic E-state index is 15.0. The van der Waals surface area contributed by atoms with E-state index < -0.39 is 44.6 Å². The zero-order chi connectivity index (χ0) is 30.6. The van der Waals surface area contributed by atoms with Crippen molar-refractivity contribution in [1.82, 2.24) is 24.5 Å². The van der Waals surface area contributed by atoms with E-state index >= 15 is 4.39 Å². The first kappa shape index (κ1) is 29.7. The minimum atomic E-state index is -4.73. The molecule has 0 aliphatic rings. The molecule has 8 nitrogen and oxygen atoms in total. The lowest BCUT2D eigenvalue weighted by molar-refractivity contribution is -0.141. The SMILES string of the molecule is Cc1nc(C(F)(F)F)cn1-c1ccc(-c2cc(F)c(CO)c(S(C)(=O)=O)c2)c(Cl)c1-n1nncc1-c1ccc(Cl)cc1. The predicted octanol–water partition coefficient (Wildman–Crippen LogP) is 6.46. The summed E-state index contributed by atoms with van der Waals surface area (Å²) in [5.41, 5.74) is -0.220. The van der Waals surface area contributed by atoms with Gasteiger partial charge in [-0.25, -0.2) is 22.5 Å². The van der Waals surface area contributed by atoms with Crippen LogP contribution in [0.3, 0.4) is 0 Å². The number of nitrogens with zero attached hydrogens (tertiary/aromatic N) is 5. The molecule has 0 fully saturated rings. The van der Waals surface area contributed by atoms with Crippen LogP contribution in [0.25, 0.3) is 33.8 Å². The Hall–Kier alpha value is -3.78. The van der Waals surface area contributed by atoms with Gasteiger partial charge in [-0.1, -0.05) is 46.6 Å². The highest BCUT2D eigenvalue weighted by Gasteiger charge is 2.35. The summed E-state index contributed by atoms with van der Waals surface area (Å²) in [5, 5.41) is 18.1. The van der Waals surface area contributed by atoms with Crippen molar-refractivity contribution < 1.29 is 31.1 Å². The van der Waals surface area contributed by atoms with E-state index in [0.717, 1.165) is 18.5 Å². The number of aryl methyl sites for hydroxylation is 1. The van der Waals surface area contributed by atoms with Crippen molar-refractivity contribution in [2.75, 3.05) is 6.26 Å². The summed E-state index contributed by atoms with van der Waals surface area (Å²) in [6.45, 7) is 0.515. The second-order valence-electron chi connectivity index (χ2n) is 9.24. The Labute approximate surface area is 246 Å². The Morgan fingerprint density at radius 3 is 2.31 bits per heavy atom. The second kappa shape index (κ2) is 10.8. The summed E-state index contributed by atoms with van der Waals surface area (Å²) < 4.78 is 83.0. The molecular formula is C27H19Cl2F4N5O3S. The zero-order valence-electron chi connectivity index (χ0n) is 21.7. The third-order valence-corrected chi connectivity index (χ3v) is 8.25. The third-order valence-electron chi connectivity index (χ3n) is 6.45. The third kappa shape index (κ3) is 5.40. The van der Waals surface area contributed by atoms with E-state index in [9.17, 15) is 26.7 Å². The first-order valence-corrected chi connectivity index (χ1v) is 14.6. The minimum absolute atomic E-state index is 0.0155. The van der Waals surface area contributed by atoms with Gasteiger partial charge in [-0.15, -0.1) is 5.10 Å². The Bertz CT molecular complexity index is 1940. The van der Waals surface area contributed by atoms with Crippen LogP contribution in [-0.4, -0.2) is 44.3 Å². The maximum Gasteiger partial charge on any atom is 0.434 e. The van der Waals surface area contributed by atoms with Gasteiger partial charge in [-0.3, -0.25) is 0 Å². The molecule has 2 aromatic heterocycles. The Morgan fingerprint density at radius 2 is 1.71 bits per heavy atom. The van der Waals surface area contributed by atoms with Gasteiger partial charge < -0.3 is 9.67 Å². The van der Waals surface area contributed by atoms with Gasteiger partial charge in [-0.05, 0) is 42.8 Å². The molecule has 0 bridgehead atoms. The number of sulfone groups is 1. The van der Waals surface area contributed by atoms with Gasteiger partial charge in [-0.2, -0.15) is 13.2 Å². The molecule has 0 saturated carbocycles. The summed E-state index contributed by atoms with van der Waals surface area (Å²) in [6.07, 6.45) is -1.64. The monoisotopic (exact) mass is 639 g/mol. The molecule has 0 spiro atoms. The molecule has 218 valence electrons. The van der Waals surface area contributed by atoms with Crippen molar-refractivity contribution in [3.05, 3.63) is 93.9 Å². The number of halogens is 6. The highest BCUT2D eigenvalue weighted by Crippen LogP contribution is 2.41. The summed E-state index contributed by atoms with van der Waals surface area (Å²) in [4.78, 5) is 3.21. The fraction of sp³-hybridized carbons (Fsp3) is 0.148. The van der Waals surface area contributed by atoms with Crippen LogP contribution in [0.1, 0.15) is 17.1 Å². The standard InChI is InChI=1S/C27H19Cl2F4N5O3S/c1-14-35-24(27(31,32)33)12-37(14)21-8-7-18(16-9-20(30)19(13-39)23(10-16)42(2,40)41)25(29)26(21)38-22(11-34-36-38)15-3-5-17(28)6-4-15/h3-12,39H,13H2,1-2H3. The van der Waals surface area contributed by atoms with Gasteiger partial charge in [0.25, 0.3) is 0 Å². The van der Waals surface area contributed by atoms with Crippen LogP contribution in [0.4, 0.5) is 17.6 Å². The first-order valence-electron chi connectivity index (χ1n) is 12.0. The van der Waals surface area contributed by atoms with Crippen LogP contribution < -0.4 is 0 Å². The van der Waals surface area contributed by atoms with Crippen molar-refractivity contribution in [1.29, 1.82) is 0 Å². The maximum atomic E-state index is 15.0. The zero-order valence-corrected chi connectivity index (χ0v) is 24.0. The lowest BCUT2D eigenvalue weighted by Gasteiger charge is -2.19. The number of aromatic nitrogens is 5. The number of hydrogen-bond acceptors (Lipinski definition) is 6. The average molecular weight is 640 g/mol. The summed E-state index contributed by atoms with van der Waals surface area (Å²) >= 11 is 13.0. The van der Waals surface area contributed by atoms with E-state index in [1.165, 1.54) is 40.6 Å². The summed E-state index contributed by atoms with van der Waals surface area (Å²) in [7, 11) is -3.98. The van der Waals surface area contributed by atoms with Gasteiger partial charge in [0.1, 0.15) is 17.3 Å². The molecule has 0 radical (unpaired) electrons. The van der Waals surface area contributed by atoms with Crippen LogP contribution in [0, 0.1) is 12.7 Å². The Balaban J connectivity index is 1.83. The van der Waals surface area contributed by atoms with E-state index in [1.54, 1.807) is 24.3 Å². The van der Waals surface area contributed by atoms with Crippen molar-refractivity contribution in [3.63, 3.8) is 0 Å². The molecule has 15 heteroatoms. The largest absolute Gasteiger partial charge is 0.434 e. The number of rotatable bonds is 6. The normalized spacial score (nSPS) is 12.2. The number of alkyl halides is 3. The lowest BCUT2D eigenvalue weighted by Crippen LogP contribution is -2.09. The second-order valence-corrected chi connectivity index (χ2v) is 12.0. The quantitative estimate of drug-likeness (QED) is 0.214. The number of hydrogen-bond donors (Lipinski definition) is 1. The van der Waals surface area contributed by atoms with Crippen molar-refractivity contribution in [2.45, 2.75) is 24.6 Å². The smallest absolute Gasteiger partial charge is 0.392 e. The van der Waals surface area contributed by atoms with Crippen LogP contribution in [0.15, 0.2) is 65.8 Å². The predicted molar refractivity (Wildman–Crippen MR) is 148 cm³/mol. The molecule has 5 aromatic rings. The van der Waals surface area contributed by atoms with E-state index in [2.05, 4.69) is 15.3 Å². The van der Waals surface area contributed by atoms with Crippen LogP contribution in [0.2, 0.25) is 10.0 Å². The van der Waals surface area contributed by atoms with E-state index in [1.807, 2.05) is 0 Å². The molecule has 1 N–H and O–H groups in total.